The van der Waals surface area contributed by atoms with Crippen LogP contribution in [0.4, 0.5) is 0 Å². The van der Waals surface area contributed by atoms with E-state index in [1.807, 2.05) is 86.6 Å². The zero-order valence-electron chi connectivity index (χ0n) is 30.8. The van der Waals surface area contributed by atoms with Crippen LogP contribution in [0.2, 0.25) is 0 Å². The van der Waals surface area contributed by atoms with Gasteiger partial charge >= 0.3 is 5.97 Å². The molecule has 3 aromatic rings. The molecule has 0 unspecified atom stereocenters. The van der Waals surface area contributed by atoms with Gasteiger partial charge in [-0.1, -0.05) is 124 Å². The molecule has 2 aliphatic rings. The van der Waals surface area contributed by atoms with E-state index in [9.17, 15) is 9.90 Å². The molecular weight excluding hydrogens is 658 g/mol. The molecule has 1 fully saturated rings. The van der Waals surface area contributed by atoms with Crippen molar-refractivity contribution in [3.05, 3.63) is 120 Å². The van der Waals surface area contributed by atoms with Gasteiger partial charge in [0.05, 0.1) is 12.3 Å². The highest BCUT2D eigenvalue weighted by molar-refractivity contribution is 5.71. The van der Waals surface area contributed by atoms with Gasteiger partial charge in [0.15, 0.2) is 18.1 Å². The van der Waals surface area contributed by atoms with Crippen LogP contribution in [-0.2, 0) is 48.6 Å². The van der Waals surface area contributed by atoms with Gasteiger partial charge < -0.3 is 24.4 Å². The van der Waals surface area contributed by atoms with Gasteiger partial charge in [0.2, 0.25) is 0 Å². The molecule has 9 heteroatoms. The molecule has 280 valence electrons. The molecule has 0 heterocycles. The second-order valence-corrected chi connectivity index (χ2v) is 14.3. The van der Waals surface area contributed by atoms with Gasteiger partial charge in [-0.25, -0.2) is 10.3 Å². The normalized spacial score (nSPS) is 20.1. The molecule has 1 saturated carbocycles. The second kappa shape index (κ2) is 20.1. The number of carbonyl (C=O) groups excluding carboxylic acids is 1. The molecule has 0 aliphatic heterocycles. The third-order valence-corrected chi connectivity index (χ3v) is 10.2. The van der Waals surface area contributed by atoms with Crippen molar-refractivity contribution in [2.45, 2.75) is 97.4 Å². The molecule has 2 aliphatic carbocycles. The maximum Gasteiger partial charge on any atom is 0.344 e. The molecule has 0 spiro atoms. The Balaban J connectivity index is 1.13. The number of rotatable bonds is 21. The Morgan fingerprint density at radius 3 is 2.48 bits per heavy atom. The van der Waals surface area contributed by atoms with Crippen LogP contribution in [0.15, 0.2) is 97.4 Å². The van der Waals surface area contributed by atoms with Crippen LogP contribution in [-0.4, -0.2) is 29.9 Å². The van der Waals surface area contributed by atoms with Crippen LogP contribution < -0.4 is 10.2 Å². The molecule has 5 rings (SSSR count). The monoisotopic (exact) mass is 713 g/mol. The highest BCUT2D eigenvalue weighted by Gasteiger charge is 2.45. The van der Waals surface area contributed by atoms with E-state index >= 15 is 0 Å². The van der Waals surface area contributed by atoms with E-state index in [0.717, 1.165) is 80.2 Å². The third-order valence-electron chi connectivity index (χ3n) is 10.2. The highest BCUT2D eigenvalue weighted by atomic mass is 17.3. The Hall–Kier alpha value is -4.31. The number of hydroxylamine groups is 1. The number of carbonyl (C=O) groups is 1. The first-order valence-electron chi connectivity index (χ1n) is 18.8. The van der Waals surface area contributed by atoms with Crippen molar-refractivity contribution in [3.8, 4) is 5.75 Å². The number of ether oxygens (including phenoxy) is 2. The standard InChI is InChI=1S/C43H55NO8/c1-5-6-9-20-36(50-51-42(30(2)3)27-44-52-49-31(4)33-17-12-8-13-18-33)22-23-37-38-24-34-19-14-21-41(39(34)25-35(38)26-40(37)45)47-29-43(46)48-28-32-15-10-7-11-16-32/h7-8,10-19,21,27,30,35-38,40,44-45H,4-6,9,20,22-26,28-29H2,1-3H3/b42-27+/t35-,36-,37+,38-,40+/m0/s1. The zero-order valence-corrected chi connectivity index (χ0v) is 30.8. The van der Waals surface area contributed by atoms with Gasteiger partial charge in [-0.05, 0) is 79.0 Å². The predicted octanol–water partition coefficient (Wildman–Crippen LogP) is 8.82. The fourth-order valence-corrected chi connectivity index (χ4v) is 7.34. The summed E-state index contributed by atoms with van der Waals surface area (Å²) >= 11 is 0. The SMILES string of the molecule is C=C(OON/C=C(/OO[C@@H](CCCCC)CC[C@@H]1[C@H]2Cc3cccc(OCC(=O)OCc4ccccc4)c3C[C@H]2C[C@H]1O)C(C)C)c1ccccc1. The van der Waals surface area contributed by atoms with Gasteiger partial charge in [-0.2, -0.15) is 4.89 Å². The lowest BCUT2D eigenvalue weighted by molar-refractivity contribution is -0.306. The number of aliphatic hydroxyl groups excluding tert-OH is 1. The number of aliphatic hydroxyl groups is 1. The number of esters is 1. The van der Waals surface area contributed by atoms with E-state index in [4.69, 9.17) is 29.1 Å². The van der Waals surface area contributed by atoms with Gasteiger partial charge in [0, 0.05) is 11.5 Å². The Labute approximate surface area is 308 Å². The molecular formula is C43H55NO8. The average Bonchev–Trinajstić information content (AvgIpc) is 3.47. The summed E-state index contributed by atoms with van der Waals surface area (Å²) < 4.78 is 11.4. The number of nitrogens with one attached hydrogen (secondary N) is 1. The Morgan fingerprint density at radius 1 is 0.962 bits per heavy atom. The molecule has 0 saturated heterocycles. The summed E-state index contributed by atoms with van der Waals surface area (Å²) in [5, 5.41) is 11.3. The summed E-state index contributed by atoms with van der Waals surface area (Å²) in [5.74, 6) is 2.19. The number of hydrogen-bond acceptors (Lipinski definition) is 9. The predicted molar refractivity (Wildman–Crippen MR) is 200 cm³/mol. The quantitative estimate of drug-likeness (QED) is 0.0369. The Morgan fingerprint density at radius 2 is 1.73 bits per heavy atom. The summed E-state index contributed by atoms with van der Waals surface area (Å²) in [7, 11) is 0. The van der Waals surface area contributed by atoms with E-state index in [1.165, 1.54) is 5.56 Å². The molecule has 3 aromatic carbocycles. The van der Waals surface area contributed by atoms with E-state index in [-0.39, 0.29) is 37.3 Å². The second-order valence-electron chi connectivity index (χ2n) is 14.3. The van der Waals surface area contributed by atoms with Crippen LogP contribution in [0.1, 0.15) is 88.0 Å². The molecule has 52 heavy (non-hydrogen) atoms. The van der Waals surface area contributed by atoms with Crippen molar-refractivity contribution in [2.75, 3.05) is 6.61 Å². The van der Waals surface area contributed by atoms with Crippen LogP contribution in [0.25, 0.3) is 5.76 Å². The van der Waals surface area contributed by atoms with Crippen molar-refractivity contribution in [1.82, 2.24) is 5.48 Å². The van der Waals surface area contributed by atoms with Crippen LogP contribution in [0.5, 0.6) is 5.75 Å². The summed E-state index contributed by atoms with van der Waals surface area (Å²) in [6, 6.07) is 25.2. The Kier molecular flexibility index (Phi) is 15.0. The third kappa shape index (κ3) is 11.3. The molecule has 9 nitrogen and oxygen atoms in total. The molecule has 0 amide bonds. The molecule has 2 N–H and O–H groups in total. The summed E-state index contributed by atoms with van der Waals surface area (Å²) in [4.78, 5) is 34.9. The largest absolute Gasteiger partial charge is 0.482 e. The molecule has 0 radical (unpaired) electrons. The lowest BCUT2D eigenvalue weighted by Gasteiger charge is -2.32. The highest BCUT2D eigenvalue weighted by Crippen LogP contribution is 2.48. The fourth-order valence-electron chi connectivity index (χ4n) is 7.34. The smallest absolute Gasteiger partial charge is 0.344 e. The van der Waals surface area contributed by atoms with Crippen molar-refractivity contribution in [1.29, 1.82) is 0 Å². The first kappa shape index (κ1) is 38.9. The van der Waals surface area contributed by atoms with E-state index in [1.54, 1.807) is 6.20 Å². The first-order valence-corrected chi connectivity index (χ1v) is 18.8. The minimum atomic E-state index is -0.397. The number of allylic oxidation sites excluding steroid dienone is 1. The van der Waals surface area contributed by atoms with Crippen molar-refractivity contribution in [2.24, 2.45) is 23.7 Å². The lowest BCUT2D eigenvalue weighted by Crippen LogP contribution is -2.28. The first-order chi connectivity index (χ1) is 25.3. The van der Waals surface area contributed by atoms with E-state index < -0.39 is 5.97 Å². The van der Waals surface area contributed by atoms with Crippen LogP contribution in [0.3, 0.4) is 0 Å². The molecule has 0 aromatic heterocycles. The maximum atomic E-state index is 12.5. The summed E-state index contributed by atoms with van der Waals surface area (Å²) in [6.07, 6.45) is 9.32. The number of hydrogen-bond donors (Lipinski definition) is 2. The molecule has 0 bridgehead atoms. The van der Waals surface area contributed by atoms with Gasteiger partial charge in [-0.15, -0.1) is 0 Å². The van der Waals surface area contributed by atoms with Crippen molar-refractivity contribution in [3.63, 3.8) is 0 Å². The van der Waals surface area contributed by atoms with Crippen molar-refractivity contribution < 1.29 is 39.0 Å². The van der Waals surface area contributed by atoms with Gasteiger partial charge in [-0.3, -0.25) is 0 Å². The number of fused-ring (bicyclic) bond motifs is 2. The topological polar surface area (TPSA) is 105 Å². The lowest BCUT2D eigenvalue weighted by atomic mass is 9.73. The molecule has 5 atom stereocenters. The fraction of sp³-hybridized carbons (Fsp3) is 0.465. The van der Waals surface area contributed by atoms with Gasteiger partial charge in [0.1, 0.15) is 18.5 Å². The van der Waals surface area contributed by atoms with Crippen LogP contribution in [0, 0.1) is 23.7 Å². The van der Waals surface area contributed by atoms with Crippen LogP contribution >= 0.6 is 0 Å². The van der Waals surface area contributed by atoms with E-state index in [2.05, 4.69) is 25.0 Å². The van der Waals surface area contributed by atoms with E-state index in [0.29, 0.717) is 23.4 Å². The number of benzene rings is 3. The number of unbranched alkanes of at least 4 members (excludes halogenated alkanes) is 2. The average molecular weight is 714 g/mol. The maximum absolute atomic E-state index is 12.5. The summed E-state index contributed by atoms with van der Waals surface area (Å²) in [5.41, 5.74) is 6.80. The van der Waals surface area contributed by atoms with Crippen molar-refractivity contribution >= 4 is 11.7 Å². The minimum Gasteiger partial charge on any atom is -0.482 e. The summed E-state index contributed by atoms with van der Waals surface area (Å²) in [6.45, 7) is 10.2. The van der Waals surface area contributed by atoms with Gasteiger partial charge in [0.25, 0.3) is 0 Å². The zero-order chi connectivity index (χ0) is 36.7. The Bertz CT molecular complexity index is 1580. The minimum absolute atomic E-state index is 0.0262.